The molecule has 0 aliphatic heterocycles. The van der Waals surface area contributed by atoms with E-state index in [2.05, 4.69) is 12.2 Å². The fraction of sp³-hybridized carbons (Fsp3) is 0.533. The number of benzene rings is 1. The molecule has 98 valence electrons. The van der Waals surface area contributed by atoms with Gasteiger partial charge >= 0.3 is 0 Å². The third kappa shape index (κ3) is 2.84. The number of anilines is 2. The van der Waals surface area contributed by atoms with Crippen LogP contribution in [0.4, 0.5) is 11.4 Å². The molecule has 18 heavy (non-hydrogen) atoms. The van der Waals surface area contributed by atoms with Crippen LogP contribution >= 0.6 is 0 Å². The van der Waals surface area contributed by atoms with E-state index in [1.807, 2.05) is 18.2 Å². The molecule has 0 saturated heterocycles. The summed E-state index contributed by atoms with van der Waals surface area (Å²) in [5, 5.41) is 3.55. The van der Waals surface area contributed by atoms with Crippen molar-refractivity contribution in [3.63, 3.8) is 0 Å². The number of ketones is 1. The van der Waals surface area contributed by atoms with Gasteiger partial charge in [0, 0.05) is 23.0 Å². The second kappa shape index (κ2) is 5.42. The molecule has 0 aromatic heterocycles. The van der Waals surface area contributed by atoms with Gasteiger partial charge in [-0.15, -0.1) is 0 Å². The van der Waals surface area contributed by atoms with Crippen molar-refractivity contribution in [1.82, 2.24) is 0 Å². The molecule has 2 unspecified atom stereocenters. The van der Waals surface area contributed by atoms with Crippen molar-refractivity contribution in [3.05, 3.63) is 23.8 Å². The lowest BCUT2D eigenvalue weighted by Gasteiger charge is -2.30. The summed E-state index contributed by atoms with van der Waals surface area (Å²) in [6, 6.07) is 6.17. The Bertz CT molecular complexity index is 442. The molecule has 3 nitrogen and oxygen atoms in total. The zero-order valence-corrected chi connectivity index (χ0v) is 11.2. The van der Waals surface area contributed by atoms with Gasteiger partial charge in [0.1, 0.15) is 0 Å². The summed E-state index contributed by atoms with van der Waals surface area (Å²) in [4.78, 5) is 11.3. The third-order valence-electron chi connectivity index (χ3n) is 3.89. The van der Waals surface area contributed by atoms with E-state index in [0.717, 1.165) is 5.69 Å². The molecule has 2 rings (SSSR count). The standard InChI is InChI=1S/C15H22N2O/c1-10-5-3-4-6-15(10)17-12-7-8-13(11(2)18)14(16)9-12/h7-10,15,17H,3-6,16H2,1-2H3. The molecular weight excluding hydrogens is 224 g/mol. The van der Waals surface area contributed by atoms with Gasteiger partial charge in [-0.3, -0.25) is 4.79 Å². The molecule has 3 heteroatoms. The van der Waals surface area contributed by atoms with E-state index in [1.165, 1.54) is 25.7 Å². The zero-order chi connectivity index (χ0) is 13.1. The molecule has 0 radical (unpaired) electrons. The molecule has 0 spiro atoms. The number of nitrogen functional groups attached to an aromatic ring is 1. The van der Waals surface area contributed by atoms with Crippen molar-refractivity contribution in [2.45, 2.75) is 45.6 Å². The maximum absolute atomic E-state index is 11.3. The van der Waals surface area contributed by atoms with Crippen molar-refractivity contribution in [2.75, 3.05) is 11.1 Å². The van der Waals surface area contributed by atoms with E-state index in [9.17, 15) is 4.79 Å². The number of carbonyl (C=O) groups is 1. The molecule has 2 atom stereocenters. The Kier molecular flexibility index (Phi) is 3.90. The highest BCUT2D eigenvalue weighted by molar-refractivity contribution is 5.99. The summed E-state index contributed by atoms with van der Waals surface area (Å²) in [5.74, 6) is 0.720. The van der Waals surface area contributed by atoms with E-state index < -0.39 is 0 Å². The minimum Gasteiger partial charge on any atom is -0.398 e. The summed E-state index contributed by atoms with van der Waals surface area (Å²) in [6.07, 6.45) is 5.14. The topological polar surface area (TPSA) is 55.1 Å². The molecule has 1 aromatic rings. The molecule has 1 aromatic carbocycles. The lowest BCUT2D eigenvalue weighted by atomic mass is 9.86. The van der Waals surface area contributed by atoms with Crippen LogP contribution in [0.1, 0.15) is 49.9 Å². The fourth-order valence-electron chi connectivity index (χ4n) is 2.72. The highest BCUT2D eigenvalue weighted by atomic mass is 16.1. The predicted octanol–water partition coefficient (Wildman–Crippen LogP) is 3.46. The number of Topliss-reactive ketones (excluding diaryl/α,β-unsaturated/α-hetero) is 1. The minimum absolute atomic E-state index is 0.0186. The number of nitrogens with one attached hydrogen (secondary N) is 1. The summed E-state index contributed by atoms with van der Waals surface area (Å²) < 4.78 is 0. The van der Waals surface area contributed by atoms with Gasteiger partial charge in [0.05, 0.1) is 0 Å². The maximum atomic E-state index is 11.3. The highest BCUT2D eigenvalue weighted by Gasteiger charge is 2.21. The smallest absolute Gasteiger partial charge is 0.161 e. The normalized spacial score (nSPS) is 23.7. The van der Waals surface area contributed by atoms with Crippen LogP contribution in [-0.2, 0) is 0 Å². The van der Waals surface area contributed by atoms with Crippen LogP contribution in [0.3, 0.4) is 0 Å². The van der Waals surface area contributed by atoms with Crippen molar-refractivity contribution in [2.24, 2.45) is 5.92 Å². The quantitative estimate of drug-likeness (QED) is 0.634. The Morgan fingerprint density at radius 2 is 2.06 bits per heavy atom. The van der Waals surface area contributed by atoms with Gasteiger partial charge in [0.15, 0.2) is 5.78 Å². The van der Waals surface area contributed by atoms with Gasteiger partial charge in [-0.2, -0.15) is 0 Å². The second-order valence-electron chi connectivity index (χ2n) is 5.37. The molecule has 1 fully saturated rings. The number of rotatable bonds is 3. The summed E-state index contributed by atoms with van der Waals surface area (Å²) in [7, 11) is 0. The number of nitrogens with two attached hydrogens (primary N) is 1. The van der Waals surface area contributed by atoms with Crippen molar-refractivity contribution < 1.29 is 4.79 Å². The first-order valence-electron chi connectivity index (χ1n) is 6.75. The average molecular weight is 246 g/mol. The lowest BCUT2D eigenvalue weighted by Crippen LogP contribution is -2.30. The zero-order valence-electron chi connectivity index (χ0n) is 11.2. The Morgan fingerprint density at radius 1 is 1.33 bits per heavy atom. The van der Waals surface area contributed by atoms with Crippen LogP contribution in [0.25, 0.3) is 0 Å². The Morgan fingerprint density at radius 3 is 2.67 bits per heavy atom. The van der Waals surface area contributed by atoms with Crippen LogP contribution in [-0.4, -0.2) is 11.8 Å². The van der Waals surface area contributed by atoms with Gasteiger partial charge in [-0.05, 0) is 43.9 Å². The van der Waals surface area contributed by atoms with Crippen LogP contribution in [0.5, 0.6) is 0 Å². The summed E-state index contributed by atoms with van der Waals surface area (Å²) in [5.41, 5.74) is 8.10. The van der Waals surface area contributed by atoms with E-state index in [0.29, 0.717) is 23.2 Å². The third-order valence-corrected chi connectivity index (χ3v) is 3.89. The van der Waals surface area contributed by atoms with Crippen molar-refractivity contribution in [1.29, 1.82) is 0 Å². The molecule has 3 N–H and O–H groups in total. The van der Waals surface area contributed by atoms with Gasteiger partial charge in [-0.1, -0.05) is 19.8 Å². The predicted molar refractivity (Wildman–Crippen MR) is 75.9 cm³/mol. The second-order valence-corrected chi connectivity index (χ2v) is 5.37. The first kappa shape index (κ1) is 12.9. The molecule has 1 aliphatic rings. The summed E-state index contributed by atoms with van der Waals surface area (Å²) >= 11 is 0. The Balaban J connectivity index is 2.10. The van der Waals surface area contributed by atoms with E-state index in [1.54, 1.807) is 6.92 Å². The molecule has 0 bridgehead atoms. The molecular formula is C15H22N2O. The van der Waals surface area contributed by atoms with Crippen LogP contribution < -0.4 is 11.1 Å². The first-order valence-corrected chi connectivity index (χ1v) is 6.75. The monoisotopic (exact) mass is 246 g/mol. The van der Waals surface area contributed by atoms with Gasteiger partial charge in [0.25, 0.3) is 0 Å². The van der Waals surface area contributed by atoms with Crippen LogP contribution in [0.15, 0.2) is 18.2 Å². The molecule has 0 amide bonds. The van der Waals surface area contributed by atoms with E-state index >= 15 is 0 Å². The first-order chi connectivity index (χ1) is 8.58. The van der Waals surface area contributed by atoms with Crippen molar-refractivity contribution in [3.8, 4) is 0 Å². The largest absolute Gasteiger partial charge is 0.398 e. The van der Waals surface area contributed by atoms with Crippen molar-refractivity contribution >= 4 is 17.2 Å². The molecule has 1 saturated carbocycles. The molecule has 0 heterocycles. The number of hydrogen-bond donors (Lipinski definition) is 2. The Labute approximate surface area is 109 Å². The van der Waals surface area contributed by atoms with Gasteiger partial charge in [0.2, 0.25) is 0 Å². The highest BCUT2D eigenvalue weighted by Crippen LogP contribution is 2.28. The molecule has 1 aliphatic carbocycles. The van der Waals surface area contributed by atoms with Gasteiger partial charge < -0.3 is 11.1 Å². The van der Waals surface area contributed by atoms with E-state index in [-0.39, 0.29) is 5.78 Å². The van der Waals surface area contributed by atoms with E-state index in [4.69, 9.17) is 5.73 Å². The maximum Gasteiger partial charge on any atom is 0.161 e. The Hall–Kier alpha value is -1.51. The summed E-state index contributed by atoms with van der Waals surface area (Å²) in [6.45, 7) is 3.84. The minimum atomic E-state index is 0.0186. The number of hydrogen-bond acceptors (Lipinski definition) is 3. The fourth-order valence-corrected chi connectivity index (χ4v) is 2.72. The van der Waals surface area contributed by atoms with Crippen LogP contribution in [0.2, 0.25) is 0 Å². The average Bonchev–Trinajstić information content (AvgIpc) is 2.32. The lowest BCUT2D eigenvalue weighted by molar-refractivity contribution is 0.101. The van der Waals surface area contributed by atoms with Gasteiger partial charge in [-0.25, -0.2) is 0 Å². The van der Waals surface area contributed by atoms with Crippen LogP contribution in [0, 0.1) is 5.92 Å². The SMILES string of the molecule is CC(=O)c1ccc(NC2CCCCC2C)cc1N. The number of carbonyl (C=O) groups excluding carboxylic acids is 1.